The molecule has 1 aliphatic rings. The molecule has 0 aromatic heterocycles. The second kappa shape index (κ2) is 4.54. The fraction of sp³-hybridized carbons (Fsp3) is 0.625. The first-order chi connectivity index (χ1) is 8.62. The van der Waals surface area contributed by atoms with E-state index >= 15 is 0 Å². The summed E-state index contributed by atoms with van der Waals surface area (Å²) in [5.74, 6) is 2.08. The van der Waals surface area contributed by atoms with Crippen LogP contribution < -0.4 is 9.47 Å². The Morgan fingerprint density at radius 1 is 1.16 bits per heavy atom. The lowest BCUT2D eigenvalue weighted by Gasteiger charge is -2.36. The Hall–Kier alpha value is -0.450. The van der Waals surface area contributed by atoms with Gasteiger partial charge in [-0.2, -0.15) is 0 Å². The summed E-state index contributed by atoms with van der Waals surface area (Å²) in [5.41, 5.74) is 4.78. The summed E-state index contributed by atoms with van der Waals surface area (Å²) < 4.78 is 12.0. The van der Waals surface area contributed by atoms with E-state index in [4.69, 9.17) is 9.47 Å². The van der Waals surface area contributed by atoms with Gasteiger partial charge in [-0.25, -0.2) is 0 Å². The number of halogens is 1. The van der Waals surface area contributed by atoms with E-state index in [0.29, 0.717) is 0 Å². The number of fused-ring (bicyclic) bond motifs is 1. The molecular formula is C16H23IO2. The SMILES string of the molecule is COc1c(C)c(C)c2c(c1C)CC(C)(C(C)(C)I)O2. The normalized spacial score (nSPS) is 22.1. The Labute approximate surface area is 130 Å². The van der Waals surface area contributed by atoms with Crippen molar-refractivity contribution in [2.24, 2.45) is 0 Å². The minimum absolute atomic E-state index is 0.0732. The average molecular weight is 374 g/mol. The van der Waals surface area contributed by atoms with Crippen LogP contribution in [0, 0.1) is 20.8 Å². The lowest BCUT2D eigenvalue weighted by molar-refractivity contribution is 0.0885. The van der Waals surface area contributed by atoms with Crippen LogP contribution in [0.25, 0.3) is 0 Å². The highest BCUT2D eigenvalue weighted by molar-refractivity contribution is 14.1. The third-order valence-corrected chi connectivity index (χ3v) is 5.76. The van der Waals surface area contributed by atoms with E-state index in [1.165, 1.54) is 22.3 Å². The summed E-state index contributed by atoms with van der Waals surface area (Å²) >= 11 is 2.49. The van der Waals surface area contributed by atoms with E-state index in [9.17, 15) is 0 Å². The summed E-state index contributed by atoms with van der Waals surface area (Å²) in [6.07, 6.45) is 0.946. The van der Waals surface area contributed by atoms with Gasteiger partial charge in [-0.15, -0.1) is 0 Å². The minimum atomic E-state index is -0.162. The number of benzene rings is 1. The molecule has 3 heteroatoms. The van der Waals surface area contributed by atoms with Crippen LogP contribution in [0.2, 0.25) is 0 Å². The minimum Gasteiger partial charge on any atom is -0.496 e. The van der Waals surface area contributed by atoms with E-state index in [1.807, 2.05) is 0 Å². The van der Waals surface area contributed by atoms with Gasteiger partial charge in [-0.1, -0.05) is 22.6 Å². The maximum atomic E-state index is 6.39. The average Bonchev–Trinajstić information content (AvgIpc) is 2.66. The van der Waals surface area contributed by atoms with Gasteiger partial charge in [-0.05, 0) is 58.2 Å². The molecule has 0 aliphatic carbocycles. The van der Waals surface area contributed by atoms with Gasteiger partial charge in [0.05, 0.1) is 10.5 Å². The van der Waals surface area contributed by atoms with Gasteiger partial charge >= 0.3 is 0 Å². The Bertz CT molecular complexity index is 529. The molecule has 0 N–H and O–H groups in total. The number of ether oxygens (including phenoxy) is 2. The molecule has 1 atom stereocenters. The molecule has 1 unspecified atom stereocenters. The van der Waals surface area contributed by atoms with E-state index < -0.39 is 0 Å². The van der Waals surface area contributed by atoms with E-state index in [2.05, 4.69) is 64.1 Å². The first-order valence-corrected chi connectivity index (χ1v) is 7.75. The van der Waals surface area contributed by atoms with Crippen LogP contribution in [-0.4, -0.2) is 16.1 Å². The molecule has 1 aliphatic heterocycles. The standard InChI is InChI=1S/C16H23IO2/c1-9-10(2)14-12(11(3)13(9)18-7)8-16(6,19-14)15(4,5)17/h8H2,1-7H3. The topological polar surface area (TPSA) is 18.5 Å². The molecule has 0 radical (unpaired) electrons. The lowest BCUT2D eigenvalue weighted by Crippen LogP contribution is -2.47. The molecule has 0 saturated carbocycles. The van der Waals surface area contributed by atoms with Crippen molar-refractivity contribution in [3.8, 4) is 11.5 Å². The van der Waals surface area contributed by atoms with Crippen LogP contribution in [0.1, 0.15) is 43.0 Å². The molecule has 0 fully saturated rings. The molecule has 0 bridgehead atoms. The smallest absolute Gasteiger partial charge is 0.127 e. The summed E-state index contributed by atoms with van der Waals surface area (Å²) in [4.78, 5) is 0. The van der Waals surface area contributed by atoms with E-state index in [1.54, 1.807) is 7.11 Å². The van der Waals surface area contributed by atoms with Crippen molar-refractivity contribution in [2.45, 2.75) is 57.0 Å². The van der Waals surface area contributed by atoms with Gasteiger partial charge in [0.25, 0.3) is 0 Å². The third-order valence-electron chi connectivity index (χ3n) is 4.61. The fourth-order valence-corrected chi connectivity index (χ4v) is 3.04. The number of hydrogen-bond acceptors (Lipinski definition) is 2. The van der Waals surface area contributed by atoms with E-state index in [0.717, 1.165) is 17.9 Å². The maximum Gasteiger partial charge on any atom is 0.127 e. The van der Waals surface area contributed by atoms with Crippen LogP contribution in [-0.2, 0) is 6.42 Å². The lowest BCUT2D eigenvalue weighted by atomic mass is 9.86. The highest BCUT2D eigenvalue weighted by atomic mass is 127. The van der Waals surface area contributed by atoms with Crippen molar-refractivity contribution < 1.29 is 9.47 Å². The molecule has 0 saturated heterocycles. The van der Waals surface area contributed by atoms with Gasteiger partial charge in [-0.3, -0.25) is 0 Å². The quantitative estimate of drug-likeness (QED) is 0.560. The summed E-state index contributed by atoms with van der Waals surface area (Å²) in [6.45, 7) is 13.0. The van der Waals surface area contributed by atoms with Gasteiger partial charge < -0.3 is 9.47 Å². The summed E-state index contributed by atoms with van der Waals surface area (Å²) in [5, 5.41) is 0. The molecular weight excluding hydrogens is 351 g/mol. The molecule has 0 spiro atoms. The van der Waals surface area contributed by atoms with Crippen molar-refractivity contribution in [3.63, 3.8) is 0 Å². The van der Waals surface area contributed by atoms with Crippen LogP contribution >= 0.6 is 22.6 Å². The molecule has 1 heterocycles. The monoisotopic (exact) mass is 374 g/mol. The van der Waals surface area contributed by atoms with Crippen LogP contribution in [0.5, 0.6) is 11.5 Å². The first kappa shape index (κ1) is 14.9. The number of methoxy groups -OCH3 is 1. The number of alkyl halides is 1. The third kappa shape index (κ3) is 2.14. The van der Waals surface area contributed by atoms with Gasteiger partial charge in [0, 0.05) is 12.0 Å². The van der Waals surface area contributed by atoms with Crippen molar-refractivity contribution in [1.82, 2.24) is 0 Å². The van der Waals surface area contributed by atoms with Crippen molar-refractivity contribution in [2.75, 3.05) is 7.11 Å². The molecule has 19 heavy (non-hydrogen) atoms. The van der Waals surface area contributed by atoms with Gasteiger partial charge in [0.2, 0.25) is 0 Å². The maximum absolute atomic E-state index is 6.39. The zero-order chi connectivity index (χ0) is 14.6. The fourth-order valence-electron chi connectivity index (χ4n) is 2.74. The molecule has 0 amide bonds. The Morgan fingerprint density at radius 2 is 1.74 bits per heavy atom. The van der Waals surface area contributed by atoms with Crippen molar-refractivity contribution in [3.05, 3.63) is 22.3 Å². The molecule has 1 aromatic carbocycles. The zero-order valence-electron chi connectivity index (χ0n) is 12.9. The molecule has 2 rings (SSSR count). The zero-order valence-corrected chi connectivity index (χ0v) is 15.1. The predicted molar refractivity (Wildman–Crippen MR) is 88.0 cm³/mol. The summed E-state index contributed by atoms with van der Waals surface area (Å²) in [6, 6.07) is 0. The Morgan fingerprint density at radius 3 is 2.21 bits per heavy atom. The van der Waals surface area contributed by atoms with Crippen LogP contribution in [0.15, 0.2) is 0 Å². The predicted octanol–water partition coefficient (Wildman–Crippen LogP) is 4.53. The number of hydrogen-bond donors (Lipinski definition) is 0. The van der Waals surface area contributed by atoms with Gasteiger partial charge in [0.1, 0.15) is 17.1 Å². The second-order valence-corrected chi connectivity index (χ2v) is 8.89. The molecule has 1 aromatic rings. The highest BCUT2D eigenvalue weighted by Gasteiger charge is 2.47. The van der Waals surface area contributed by atoms with Crippen molar-refractivity contribution in [1.29, 1.82) is 0 Å². The Kier molecular flexibility index (Phi) is 3.57. The second-order valence-electron chi connectivity index (χ2n) is 6.20. The van der Waals surface area contributed by atoms with Crippen molar-refractivity contribution >= 4 is 22.6 Å². The first-order valence-electron chi connectivity index (χ1n) is 6.67. The number of rotatable bonds is 2. The van der Waals surface area contributed by atoms with Crippen LogP contribution in [0.3, 0.4) is 0 Å². The molecule has 2 nitrogen and oxygen atoms in total. The van der Waals surface area contributed by atoms with E-state index in [-0.39, 0.29) is 9.02 Å². The van der Waals surface area contributed by atoms with Gasteiger partial charge in [0.15, 0.2) is 0 Å². The van der Waals surface area contributed by atoms with Crippen LogP contribution in [0.4, 0.5) is 0 Å². The molecule has 106 valence electrons. The Balaban J connectivity index is 2.62. The highest BCUT2D eigenvalue weighted by Crippen LogP contribution is 2.50. The summed E-state index contributed by atoms with van der Waals surface area (Å²) in [7, 11) is 1.75. The largest absolute Gasteiger partial charge is 0.496 e.